The monoisotopic (exact) mass is 268 g/mol. The van der Waals surface area contributed by atoms with E-state index in [4.69, 9.17) is 15.2 Å². The van der Waals surface area contributed by atoms with E-state index in [1.54, 1.807) is 7.11 Å². The molecule has 0 aromatic carbocycles. The second-order valence-electron chi connectivity index (χ2n) is 4.71. The molecule has 1 aromatic heterocycles. The van der Waals surface area contributed by atoms with Crippen molar-refractivity contribution >= 4 is 5.95 Å². The first-order chi connectivity index (χ1) is 9.05. The number of hydrogen-bond donors (Lipinski definition) is 2. The van der Waals surface area contributed by atoms with Crippen molar-refractivity contribution in [1.29, 1.82) is 0 Å². The molecule has 0 aliphatic carbocycles. The van der Waals surface area contributed by atoms with E-state index in [1.807, 2.05) is 26.8 Å². The number of aryl methyl sites for hydroxylation is 1. The van der Waals surface area contributed by atoms with Crippen LogP contribution in [-0.4, -0.2) is 42.4 Å². The molecule has 0 radical (unpaired) electrons. The van der Waals surface area contributed by atoms with Crippen LogP contribution in [0.15, 0.2) is 6.07 Å². The van der Waals surface area contributed by atoms with Gasteiger partial charge in [-0.15, -0.1) is 0 Å². The Morgan fingerprint density at radius 2 is 2.11 bits per heavy atom. The number of ether oxygens (including phenoxy) is 2. The maximum atomic E-state index is 5.59. The first-order valence-corrected chi connectivity index (χ1v) is 6.53. The van der Waals surface area contributed by atoms with Crippen molar-refractivity contribution in [2.45, 2.75) is 39.3 Å². The minimum Gasteiger partial charge on any atom is -0.475 e. The minimum atomic E-state index is 0.0842. The number of aromatic nitrogens is 2. The van der Waals surface area contributed by atoms with Crippen molar-refractivity contribution in [2.24, 2.45) is 5.73 Å². The summed E-state index contributed by atoms with van der Waals surface area (Å²) in [5, 5.41) is 3.23. The van der Waals surface area contributed by atoms with Crippen LogP contribution in [0.2, 0.25) is 0 Å². The lowest BCUT2D eigenvalue weighted by molar-refractivity contribution is 0.183. The SMILES string of the molecule is COCC(CCN)Nc1nc(C)cc(OC(C)C)n1. The first kappa shape index (κ1) is 15.7. The Bertz CT molecular complexity index is 379. The molecule has 1 rings (SSSR count). The van der Waals surface area contributed by atoms with Crippen LogP contribution in [0.4, 0.5) is 5.95 Å². The quantitative estimate of drug-likeness (QED) is 0.740. The number of nitrogens with one attached hydrogen (secondary N) is 1. The highest BCUT2D eigenvalue weighted by Crippen LogP contribution is 2.14. The molecular weight excluding hydrogens is 244 g/mol. The van der Waals surface area contributed by atoms with Gasteiger partial charge in [0, 0.05) is 18.9 Å². The first-order valence-electron chi connectivity index (χ1n) is 6.53. The number of nitrogens with two attached hydrogens (primary N) is 1. The Labute approximate surface area is 114 Å². The highest BCUT2D eigenvalue weighted by molar-refractivity contribution is 5.31. The van der Waals surface area contributed by atoms with Crippen LogP contribution in [0.3, 0.4) is 0 Å². The lowest BCUT2D eigenvalue weighted by Gasteiger charge is -2.18. The number of nitrogens with zero attached hydrogens (tertiary/aromatic N) is 2. The van der Waals surface area contributed by atoms with Crippen molar-refractivity contribution < 1.29 is 9.47 Å². The number of methoxy groups -OCH3 is 1. The summed E-state index contributed by atoms with van der Waals surface area (Å²) in [4.78, 5) is 8.68. The summed E-state index contributed by atoms with van der Waals surface area (Å²) < 4.78 is 10.7. The lowest BCUT2D eigenvalue weighted by atomic mass is 10.2. The van der Waals surface area contributed by atoms with Gasteiger partial charge in [-0.05, 0) is 33.7 Å². The van der Waals surface area contributed by atoms with Gasteiger partial charge in [-0.3, -0.25) is 0 Å². The van der Waals surface area contributed by atoms with E-state index in [9.17, 15) is 0 Å². The molecule has 0 aliphatic heterocycles. The largest absolute Gasteiger partial charge is 0.475 e. The van der Waals surface area contributed by atoms with Crippen LogP contribution in [0.25, 0.3) is 0 Å². The zero-order valence-electron chi connectivity index (χ0n) is 12.1. The molecule has 0 amide bonds. The molecule has 1 heterocycles. The lowest BCUT2D eigenvalue weighted by Crippen LogP contribution is -2.29. The molecule has 108 valence electrons. The molecule has 1 atom stereocenters. The predicted octanol–water partition coefficient (Wildman–Crippen LogP) is 1.35. The predicted molar refractivity (Wildman–Crippen MR) is 75.5 cm³/mol. The summed E-state index contributed by atoms with van der Waals surface area (Å²) in [5.74, 6) is 1.13. The summed E-state index contributed by atoms with van der Waals surface area (Å²) in [6.07, 6.45) is 0.881. The Morgan fingerprint density at radius 3 is 2.68 bits per heavy atom. The minimum absolute atomic E-state index is 0.0842. The Kier molecular flexibility index (Phi) is 6.52. The molecule has 0 saturated carbocycles. The van der Waals surface area contributed by atoms with E-state index in [2.05, 4.69) is 15.3 Å². The molecule has 0 bridgehead atoms. The zero-order chi connectivity index (χ0) is 14.3. The van der Waals surface area contributed by atoms with E-state index >= 15 is 0 Å². The van der Waals surface area contributed by atoms with E-state index in [0.29, 0.717) is 25.0 Å². The summed E-state index contributed by atoms with van der Waals surface area (Å²) in [6.45, 7) is 6.99. The van der Waals surface area contributed by atoms with Crippen LogP contribution < -0.4 is 15.8 Å². The standard InChI is InChI=1S/C13H24N4O2/c1-9(2)19-12-7-10(3)15-13(17-12)16-11(5-6-14)8-18-4/h7,9,11H,5-6,8,14H2,1-4H3,(H,15,16,17). The van der Waals surface area contributed by atoms with E-state index in [1.165, 1.54) is 0 Å². The van der Waals surface area contributed by atoms with Crippen molar-refractivity contribution in [2.75, 3.05) is 25.6 Å². The topological polar surface area (TPSA) is 82.3 Å². The fourth-order valence-electron chi connectivity index (χ4n) is 1.69. The van der Waals surface area contributed by atoms with E-state index < -0.39 is 0 Å². The van der Waals surface area contributed by atoms with Crippen LogP contribution >= 0.6 is 0 Å². The molecule has 6 nitrogen and oxygen atoms in total. The smallest absolute Gasteiger partial charge is 0.226 e. The van der Waals surface area contributed by atoms with Gasteiger partial charge in [0.25, 0.3) is 0 Å². The second kappa shape index (κ2) is 7.91. The van der Waals surface area contributed by atoms with Gasteiger partial charge in [0.05, 0.1) is 18.8 Å². The molecule has 1 unspecified atom stereocenters. The van der Waals surface area contributed by atoms with Gasteiger partial charge in [-0.25, -0.2) is 4.98 Å². The molecule has 1 aromatic rings. The third-order valence-corrected chi connectivity index (χ3v) is 2.40. The summed E-state index contributed by atoms with van der Waals surface area (Å²) in [7, 11) is 1.66. The third kappa shape index (κ3) is 5.85. The van der Waals surface area contributed by atoms with Crippen LogP contribution in [0.5, 0.6) is 5.88 Å². The van der Waals surface area contributed by atoms with E-state index in [0.717, 1.165) is 12.1 Å². The maximum Gasteiger partial charge on any atom is 0.226 e. The maximum absolute atomic E-state index is 5.59. The summed E-state index contributed by atoms with van der Waals surface area (Å²) >= 11 is 0. The Hall–Kier alpha value is -1.40. The van der Waals surface area contributed by atoms with Crippen LogP contribution in [0.1, 0.15) is 26.0 Å². The normalized spacial score (nSPS) is 12.5. The Balaban J connectivity index is 2.77. The van der Waals surface area contributed by atoms with Gasteiger partial charge in [-0.1, -0.05) is 0 Å². The molecular formula is C13H24N4O2. The van der Waals surface area contributed by atoms with E-state index in [-0.39, 0.29) is 12.1 Å². The van der Waals surface area contributed by atoms with Crippen LogP contribution in [0, 0.1) is 6.92 Å². The molecule has 0 spiro atoms. The van der Waals surface area contributed by atoms with Crippen molar-refractivity contribution in [3.63, 3.8) is 0 Å². The zero-order valence-corrected chi connectivity index (χ0v) is 12.1. The van der Waals surface area contributed by atoms with Crippen molar-refractivity contribution in [3.8, 4) is 5.88 Å². The number of anilines is 1. The van der Waals surface area contributed by atoms with Crippen LogP contribution in [-0.2, 0) is 4.74 Å². The highest BCUT2D eigenvalue weighted by Gasteiger charge is 2.11. The molecule has 6 heteroatoms. The van der Waals surface area contributed by atoms with Gasteiger partial charge in [0.2, 0.25) is 11.8 Å². The second-order valence-corrected chi connectivity index (χ2v) is 4.71. The molecule has 19 heavy (non-hydrogen) atoms. The van der Waals surface area contributed by atoms with Gasteiger partial charge in [0.15, 0.2) is 0 Å². The van der Waals surface area contributed by atoms with Crippen molar-refractivity contribution in [1.82, 2.24) is 9.97 Å². The number of rotatable bonds is 8. The fraction of sp³-hybridized carbons (Fsp3) is 0.692. The average molecular weight is 268 g/mol. The number of hydrogen-bond acceptors (Lipinski definition) is 6. The van der Waals surface area contributed by atoms with Gasteiger partial charge in [-0.2, -0.15) is 4.98 Å². The summed E-state index contributed by atoms with van der Waals surface area (Å²) in [6, 6.07) is 1.92. The van der Waals surface area contributed by atoms with Crippen molar-refractivity contribution in [3.05, 3.63) is 11.8 Å². The highest BCUT2D eigenvalue weighted by atomic mass is 16.5. The van der Waals surface area contributed by atoms with Gasteiger partial charge in [0.1, 0.15) is 0 Å². The molecule has 3 N–H and O–H groups in total. The summed E-state index contributed by atoms with van der Waals surface area (Å²) in [5.41, 5.74) is 6.44. The third-order valence-electron chi connectivity index (χ3n) is 2.40. The Morgan fingerprint density at radius 1 is 1.37 bits per heavy atom. The molecule has 0 aliphatic rings. The average Bonchev–Trinajstić information content (AvgIpc) is 2.27. The van der Waals surface area contributed by atoms with Gasteiger partial charge < -0.3 is 20.5 Å². The fourth-order valence-corrected chi connectivity index (χ4v) is 1.69. The molecule has 0 fully saturated rings. The van der Waals surface area contributed by atoms with Gasteiger partial charge >= 0.3 is 0 Å². The molecule has 0 saturated heterocycles.